The Morgan fingerprint density at radius 3 is 2.36 bits per heavy atom. The second kappa shape index (κ2) is 3.61. The Kier molecular flexibility index (Phi) is 3.38. The Morgan fingerprint density at radius 2 is 2.09 bits per heavy atom. The van der Waals surface area contributed by atoms with E-state index in [2.05, 4.69) is 5.32 Å². The molecule has 0 spiro atoms. The van der Waals surface area contributed by atoms with Crippen LogP contribution in [0.5, 0.6) is 0 Å². The van der Waals surface area contributed by atoms with E-state index in [9.17, 15) is 13.6 Å². The third-order valence-corrected chi connectivity index (χ3v) is 1.23. The molecule has 0 saturated heterocycles. The van der Waals surface area contributed by atoms with Crippen LogP contribution < -0.4 is 5.32 Å². The van der Waals surface area contributed by atoms with E-state index in [1.807, 2.05) is 0 Å². The molecule has 0 aliphatic heterocycles. The Bertz CT molecular complexity index is 148. The lowest BCUT2D eigenvalue weighted by Crippen LogP contribution is -2.48. The van der Waals surface area contributed by atoms with Gasteiger partial charge in [0.25, 0.3) is 6.43 Å². The largest absolute Gasteiger partial charge is 0.480 e. The normalized spacial score (nSPS) is 12.1. The average Bonchev–Trinajstić information content (AvgIpc) is 1.84. The highest BCUT2D eigenvalue weighted by Gasteiger charge is 2.26. The molecule has 3 nitrogen and oxygen atoms in total. The van der Waals surface area contributed by atoms with E-state index in [1.165, 1.54) is 13.8 Å². The minimum absolute atomic E-state index is 0.598. The van der Waals surface area contributed by atoms with Crippen LogP contribution in [0.1, 0.15) is 13.8 Å². The standard InChI is InChI=1S/C6H11F2NO2/c1-6(2,5(10)11)9-3-4(7)8/h4,9H,3H2,1-2H3,(H,10,11). The van der Waals surface area contributed by atoms with Gasteiger partial charge in [0.15, 0.2) is 0 Å². The van der Waals surface area contributed by atoms with Crippen molar-refractivity contribution in [2.24, 2.45) is 0 Å². The fraction of sp³-hybridized carbons (Fsp3) is 0.833. The Hall–Kier alpha value is -0.710. The molecule has 0 amide bonds. The number of alkyl halides is 2. The molecule has 11 heavy (non-hydrogen) atoms. The summed E-state index contributed by atoms with van der Waals surface area (Å²) in [6.45, 7) is 2.06. The first-order chi connectivity index (χ1) is 4.86. The summed E-state index contributed by atoms with van der Waals surface area (Å²) in [6, 6.07) is 0. The summed E-state index contributed by atoms with van der Waals surface area (Å²) < 4.78 is 23.1. The fourth-order valence-corrected chi connectivity index (χ4v) is 0.408. The minimum atomic E-state index is -2.52. The lowest BCUT2D eigenvalue weighted by molar-refractivity contribution is -0.143. The molecule has 0 aliphatic rings. The molecule has 0 bridgehead atoms. The van der Waals surface area contributed by atoms with Gasteiger partial charge in [0.05, 0.1) is 6.54 Å². The number of aliphatic carboxylic acids is 1. The second-order valence-corrected chi connectivity index (χ2v) is 2.70. The number of rotatable bonds is 4. The van der Waals surface area contributed by atoms with Gasteiger partial charge in [-0.15, -0.1) is 0 Å². The van der Waals surface area contributed by atoms with Crippen molar-refractivity contribution in [2.45, 2.75) is 25.8 Å². The first-order valence-corrected chi connectivity index (χ1v) is 3.13. The predicted octanol–water partition coefficient (Wildman–Crippen LogP) is 0.704. The lowest BCUT2D eigenvalue weighted by atomic mass is 10.1. The Labute approximate surface area is 63.4 Å². The van der Waals surface area contributed by atoms with E-state index in [4.69, 9.17) is 5.11 Å². The zero-order chi connectivity index (χ0) is 9.07. The zero-order valence-electron chi connectivity index (χ0n) is 6.40. The molecule has 0 unspecified atom stereocenters. The van der Waals surface area contributed by atoms with Crippen LogP contribution in [0.4, 0.5) is 8.78 Å². The van der Waals surface area contributed by atoms with Gasteiger partial charge in [-0.25, -0.2) is 8.78 Å². The van der Waals surface area contributed by atoms with E-state index < -0.39 is 24.5 Å². The first kappa shape index (κ1) is 10.3. The molecule has 0 fully saturated rings. The molecule has 0 aromatic carbocycles. The molecule has 2 N–H and O–H groups in total. The summed E-state index contributed by atoms with van der Waals surface area (Å²) >= 11 is 0. The van der Waals surface area contributed by atoms with Crippen molar-refractivity contribution in [3.63, 3.8) is 0 Å². The number of nitrogens with one attached hydrogen (secondary N) is 1. The third-order valence-electron chi connectivity index (χ3n) is 1.23. The summed E-state index contributed by atoms with van der Waals surface area (Å²) in [7, 11) is 0. The number of hydrogen-bond donors (Lipinski definition) is 2. The second-order valence-electron chi connectivity index (χ2n) is 2.70. The van der Waals surface area contributed by atoms with Crippen LogP contribution in [-0.2, 0) is 4.79 Å². The summed E-state index contributed by atoms with van der Waals surface area (Å²) in [4.78, 5) is 10.3. The number of hydrogen-bond acceptors (Lipinski definition) is 2. The average molecular weight is 167 g/mol. The first-order valence-electron chi connectivity index (χ1n) is 3.13. The SMILES string of the molecule is CC(C)(NCC(F)F)C(=O)O. The van der Waals surface area contributed by atoms with Crippen LogP contribution in [0.2, 0.25) is 0 Å². The number of carboxylic acid groups (broad SMARTS) is 1. The van der Waals surface area contributed by atoms with Crippen LogP contribution >= 0.6 is 0 Å². The van der Waals surface area contributed by atoms with Crippen molar-refractivity contribution in [1.29, 1.82) is 0 Å². The minimum Gasteiger partial charge on any atom is -0.480 e. The lowest BCUT2D eigenvalue weighted by Gasteiger charge is -2.20. The zero-order valence-corrected chi connectivity index (χ0v) is 6.40. The van der Waals surface area contributed by atoms with Crippen molar-refractivity contribution in [3.05, 3.63) is 0 Å². The van der Waals surface area contributed by atoms with Gasteiger partial charge in [-0.1, -0.05) is 0 Å². The van der Waals surface area contributed by atoms with Gasteiger partial charge in [0.1, 0.15) is 5.54 Å². The highest BCUT2D eigenvalue weighted by Crippen LogP contribution is 2.02. The van der Waals surface area contributed by atoms with E-state index in [-0.39, 0.29) is 0 Å². The molecule has 5 heteroatoms. The van der Waals surface area contributed by atoms with Gasteiger partial charge in [-0.2, -0.15) is 0 Å². The number of halogens is 2. The van der Waals surface area contributed by atoms with Crippen LogP contribution in [0.15, 0.2) is 0 Å². The molecule has 0 aromatic heterocycles. The summed E-state index contributed by atoms with van der Waals surface area (Å²) in [5.41, 5.74) is -1.28. The van der Waals surface area contributed by atoms with E-state index >= 15 is 0 Å². The number of carboxylic acids is 1. The van der Waals surface area contributed by atoms with Crippen molar-refractivity contribution in [2.75, 3.05) is 6.54 Å². The molecular formula is C6H11F2NO2. The van der Waals surface area contributed by atoms with Gasteiger partial charge < -0.3 is 5.11 Å². The van der Waals surface area contributed by atoms with E-state index in [0.29, 0.717) is 0 Å². The highest BCUT2D eigenvalue weighted by atomic mass is 19.3. The summed E-state index contributed by atoms with van der Waals surface area (Å²) in [5, 5.41) is 10.7. The highest BCUT2D eigenvalue weighted by molar-refractivity contribution is 5.77. The van der Waals surface area contributed by atoms with Crippen LogP contribution in [0.25, 0.3) is 0 Å². The summed E-state index contributed by atoms with van der Waals surface area (Å²) in [6.07, 6.45) is -2.52. The molecular weight excluding hydrogens is 156 g/mol. The van der Waals surface area contributed by atoms with E-state index in [0.717, 1.165) is 0 Å². The quantitative estimate of drug-likeness (QED) is 0.648. The smallest absolute Gasteiger partial charge is 0.323 e. The van der Waals surface area contributed by atoms with Crippen LogP contribution in [0.3, 0.4) is 0 Å². The summed E-state index contributed by atoms with van der Waals surface area (Å²) in [5.74, 6) is -1.14. The Balaban J connectivity index is 3.83. The van der Waals surface area contributed by atoms with Gasteiger partial charge in [-0.05, 0) is 13.8 Å². The van der Waals surface area contributed by atoms with Crippen LogP contribution in [-0.4, -0.2) is 29.6 Å². The Morgan fingerprint density at radius 1 is 1.64 bits per heavy atom. The monoisotopic (exact) mass is 167 g/mol. The molecule has 0 atom stereocenters. The topological polar surface area (TPSA) is 49.3 Å². The van der Waals surface area contributed by atoms with Gasteiger partial charge >= 0.3 is 5.97 Å². The van der Waals surface area contributed by atoms with Gasteiger partial charge in [0.2, 0.25) is 0 Å². The molecule has 0 radical (unpaired) electrons. The van der Waals surface area contributed by atoms with Crippen molar-refractivity contribution < 1.29 is 18.7 Å². The maximum Gasteiger partial charge on any atom is 0.323 e. The third kappa shape index (κ3) is 3.87. The van der Waals surface area contributed by atoms with Crippen molar-refractivity contribution >= 4 is 5.97 Å². The van der Waals surface area contributed by atoms with Crippen molar-refractivity contribution in [1.82, 2.24) is 5.32 Å². The maximum atomic E-state index is 11.6. The molecule has 0 aromatic rings. The van der Waals surface area contributed by atoms with Crippen molar-refractivity contribution in [3.8, 4) is 0 Å². The molecule has 0 aliphatic carbocycles. The fourth-order valence-electron chi connectivity index (χ4n) is 0.408. The molecule has 0 heterocycles. The number of carbonyl (C=O) groups is 1. The maximum absolute atomic E-state index is 11.6. The van der Waals surface area contributed by atoms with Gasteiger partial charge in [-0.3, -0.25) is 10.1 Å². The molecule has 0 saturated carbocycles. The van der Waals surface area contributed by atoms with Crippen LogP contribution in [0, 0.1) is 0 Å². The molecule has 66 valence electrons. The van der Waals surface area contributed by atoms with E-state index in [1.54, 1.807) is 0 Å². The molecule has 0 rings (SSSR count). The van der Waals surface area contributed by atoms with Gasteiger partial charge in [0, 0.05) is 0 Å². The predicted molar refractivity (Wildman–Crippen MR) is 35.7 cm³/mol.